The number of nitrogens with zero attached hydrogens (tertiary/aromatic N) is 1. The summed E-state index contributed by atoms with van der Waals surface area (Å²) in [6.45, 7) is 11.1. The lowest BCUT2D eigenvalue weighted by atomic mass is 10.0. The quantitative estimate of drug-likeness (QED) is 0.263. The van der Waals surface area contributed by atoms with Crippen molar-refractivity contribution in [3.05, 3.63) is 52.0 Å². The Bertz CT molecular complexity index is 972. The number of hydrogen-bond acceptors (Lipinski definition) is 1. The molecular formula is C26H37N3. The van der Waals surface area contributed by atoms with Crippen molar-refractivity contribution in [1.29, 1.82) is 0 Å². The fraction of sp³-hybridized carbons (Fsp3) is 0.500. The number of unbranched alkanes of at least 4 members (excludes halogenated alkanes) is 4. The first kappa shape index (κ1) is 21.4. The molecule has 0 saturated carbocycles. The highest BCUT2D eigenvalue weighted by Crippen LogP contribution is 2.29. The highest BCUT2D eigenvalue weighted by molar-refractivity contribution is 5.94. The van der Waals surface area contributed by atoms with Crippen LogP contribution in [0.25, 0.3) is 10.9 Å². The Hall–Kier alpha value is -2.29. The van der Waals surface area contributed by atoms with Crippen LogP contribution in [0.1, 0.15) is 86.1 Å². The molecule has 2 N–H and O–H groups in total. The van der Waals surface area contributed by atoms with Crippen LogP contribution in [-0.2, 0) is 12.8 Å². The Balaban J connectivity index is 1.85. The van der Waals surface area contributed by atoms with Gasteiger partial charge in [-0.25, -0.2) is 0 Å². The fourth-order valence-electron chi connectivity index (χ4n) is 4.24. The van der Waals surface area contributed by atoms with Gasteiger partial charge in [-0.05, 0) is 81.3 Å². The van der Waals surface area contributed by atoms with Crippen LogP contribution in [0, 0.1) is 20.8 Å². The summed E-state index contributed by atoms with van der Waals surface area (Å²) in [5, 5.41) is 1.27. The van der Waals surface area contributed by atoms with Crippen LogP contribution in [0.2, 0.25) is 0 Å². The standard InChI is InChI=1S/C26H37N3/c1-6-8-10-12-22-16-21-14-18(3)15-24(26(21)29-22)27-17-25-19(4)23(20(5)28-25)13-11-9-7-2/h14-17,28-29H,6-13H2,1-5H3. The molecular weight excluding hydrogens is 354 g/mol. The van der Waals surface area contributed by atoms with Crippen LogP contribution < -0.4 is 0 Å². The van der Waals surface area contributed by atoms with Crippen LogP contribution in [-0.4, -0.2) is 16.2 Å². The number of rotatable bonds is 10. The number of nitrogens with one attached hydrogen (secondary N) is 2. The molecule has 156 valence electrons. The normalized spacial score (nSPS) is 11.9. The van der Waals surface area contributed by atoms with Gasteiger partial charge >= 0.3 is 0 Å². The maximum absolute atomic E-state index is 4.90. The van der Waals surface area contributed by atoms with Crippen molar-refractivity contribution in [2.75, 3.05) is 0 Å². The maximum atomic E-state index is 4.90. The summed E-state index contributed by atoms with van der Waals surface area (Å²) < 4.78 is 0. The Morgan fingerprint density at radius 1 is 0.862 bits per heavy atom. The van der Waals surface area contributed by atoms with Gasteiger partial charge in [0.1, 0.15) is 0 Å². The van der Waals surface area contributed by atoms with Gasteiger partial charge < -0.3 is 9.97 Å². The summed E-state index contributed by atoms with van der Waals surface area (Å²) in [5.41, 5.74) is 9.99. The van der Waals surface area contributed by atoms with E-state index in [0.29, 0.717) is 0 Å². The van der Waals surface area contributed by atoms with Gasteiger partial charge in [-0.1, -0.05) is 39.5 Å². The molecule has 0 saturated heterocycles. The Labute approximate surface area is 176 Å². The van der Waals surface area contributed by atoms with E-state index in [0.717, 1.165) is 29.7 Å². The van der Waals surface area contributed by atoms with Crippen LogP contribution in [0.4, 0.5) is 5.69 Å². The minimum Gasteiger partial charge on any atom is -0.357 e. The fourth-order valence-corrected chi connectivity index (χ4v) is 4.24. The first-order valence-electron chi connectivity index (χ1n) is 11.4. The minimum absolute atomic E-state index is 1.03. The molecule has 0 unspecified atom stereocenters. The number of aryl methyl sites for hydroxylation is 3. The molecule has 3 heteroatoms. The van der Waals surface area contributed by atoms with E-state index < -0.39 is 0 Å². The Morgan fingerprint density at radius 3 is 2.31 bits per heavy atom. The summed E-state index contributed by atoms with van der Waals surface area (Å²) >= 11 is 0. The number of aromatic nitrogens is 2. The van der Waals surface area contributed by atoms with Crippen molar-refractivity contribution in [3.8, 4) is 0 Å². The molecule has 2 aromatic heterocycles. The number of hydrogen-bond donors (Lipinski definition) is 2. The molecule has 2 heterocycles. The molecule has 3 nitrogen and oxygen atoms in total. The number of aromatic amines is 2. The van der Waals surface area contributed by atoms with Gasteiger partial charge in [0, 0.05) is 16.8 Å². The lowest BCUT2D eigenvalue weighted by Gasteiger charge is -2.02. The van der Waals surface area contributed by atoms with E-state index >= 15 is 0 Å². The summed E-state index contributed by atoms with van der Waals surface area (Å²) in [5.74, 6) is 0. The second-order valence-corrected chi connectivity index (χ2v) is 8.48. The van der Waals surface area contributed by atoms with Crippen molar-refractivity contribution in [3.63, 3.8) is 0 Å². The lowest BCUT2D eigenvalue weighted by molar-refractivity contribution is 0.710. The second-order valence-electron chi connectivity index (χ2n) is 8.48. The van der Waals surface area contributed by atoms with Crippen molar-refractivity contribution in [1.82, 2.24) is 9.97 Å². The molecule has 0 aliphatic heterocycles. The molecule has 0 fully saturated rings. The third-order valence-corrected chi connectivity index (χ3v) is 5.95. The average Bonchev–Trinajstić information content (AvgIpc) is 3.21. The minimum atomic E-state index is 1.03. The summed E-state index contributed by atoms with van der Waals surface area (Å²) in [6.07, 6.45) is 11.9. The van der Waals surface area contributed by atoms with Gasteiger partial charge in [-0.2, -0.15) is 0 Å². The molecule has 3 rings (SSSR count). The van der Waals surface area contributed by atoms with Gasteiger partial charge in [0.05, 0.1) is 23.1 Å². The highest BCUT2D eigenvalue weighted by atomic mass is 14.8. The van der Waals surface area contributed by atoms with Crippen molar-refractivity contribution >= 4 is 22.8 Å². The van der Waals surface area contributed by atoms with Gasteiger partial charge in [-0.15, -0.1) is 0 Å². The van der Waals surface area contributed by atoms with Crippen LogP contribution in [0.5, 0.6) is 0 Å². The molecule has 0 atom stereocenters. The molecule has 0 radical (unpaired) electrons. The Morgan fingerprint density at radius 2 is 1.59 bits per heavy atom. The molecule has 0 aliphatic rings. The van der Waals surface area contributed by atoms with Gasteiger partial charge in [0.15, 0.2) is 0 Å². The molecule has 0 aliphatic carbocycles. The van der Waals surface area contributed by atoms with Crippen molar-refractivity contribution < 1.29 is 0 Å². The third kappa shape index (κ3) is 5.20. The van der Waals surface area contributed by atoms with E-state index in [9.17, 15) is 0 Å². The van der Waals surface area contributed by atoms with Gasteiger partial charge in [0.25, 0.3) is 0 Å². The zero-order chi connectivity index (χ0) is 20.8. The summed E-state index contributed by atoms with van der Waals surface area (Å²) in [6, 6.07) is 6.73. The SMILES string of the molecule is CCCCCc1cc2cc(C)cc(N=Cc3[nH]c(C)c(CCCCC)c3C)c2[nH]1. The Kier molecular flexibility index (Phi) is 7.35. The first-order valence-corrected chi connectivity index (χ1v) is 11.4. The highest BCUT2D eigenvalue weighted by Gasteiger charge is 2.11. The molecule has 1 aromatic carbocycles. The zero-order valence-corrected chi connectivity index (χ0v) is 18.9. The molecule has 0 spiro atoms. The van der Waals surface area contributed by atoms with Crippen LogP contribution >= 0.6 is 0 Å². The molecule has 0 amide bonds. The van der Waals surface area contributed by atoms with Gasteiger partial charge in [0.2, 0.25) is 0 Å². The van der Waals surface area contributed by atoms with Crippen LogP contribution in [0.3, 0.4) is 0 Å². The average molecular weight is 392 g/mol. The van der Waals surface area contributed by atoms with Crippen molar-refractivity contribution in [2.24, 2.45) is 4.99 Å². The first-order chi connectivity index (χ1) is 14.0. The predicted octanol–water partition coefficient (Wildman–Crippen LogP) is 7.64. The third-order valence-electron chi connectivity index (χ3n) is 5.95. The van der Waals surface area contributed by atoms with E-state index in [-0.39, 0.29) is 0 Å². The van der Waals surface area contributed by atoms with Crippen molar-refractivity contribution in [2.45, 2.75) is 86.0 Å². The van der Waals surface area contributed by atoms with E-state index in [1.54, 1.807) is 0 Å². The van der Waals surface area contributed by atoms with E-state index in [1.165, 1.54) is 72.0 Å². The lowest BCUT2D eigenvalue weighted by Crippen LogP contribution is -1.90. The van der Waals surface area contributed by atoms with E-state index in [4.69, 9.17) is 4.99 Å². The summed E-state index contributed by atoms with van der Waals surface area (Å²) in [4.78, 5) is 12.1. The predicted molar refractivity (Wildman–Crippen MR) is 127 cm³/mol. The largest absolute Gasteiger partial charge is 0.357 e. The van der Waals surface area contributed by atoms with E-state index in [2.05, 4.69) is 62.8 Å². The van der Waals surface area contributed by atoms with Gasteiger partial charge in [-0.3, -0.25) is 4.99 Å². The smallest absolute Gasteiger partial charge is 0.0874 e. The number of aliphatic imine (C=N–C) groups is 1. The van der Waals surface area contributed by atoms with Crippen LogP contribution in [0.15, 0.2) is 23.2 Å². The molecule has 29 heavy (non-hydrogen) atoms. The number of benzene rings is 1. The monoisotopic (exact) mass is 391 g/mol. The molecule has 0 bridgehead atoms. The molecule has 3 aromatic rings. The zero-order valence-electron chi connectivity index (χ0n) is 18.9. The maximum Gasteiger partial charge on any atom is 0.0874 e. The second kappa shape index (κ2) is 9.96. The number of H-pyrrole nitrogens is 2. The van der Waals surface area contributed by atoms with E-state index in [1.807, 2.05) is 6.21 Å². The summed E-state index contributed by atoms with van der Waals surface area (Å²) in [7, 11) is 0. The number of fused-ring (bicyclic) bond motifs is 1. The topological polar surface area (TPSA) is 43.9 Å².